The van der Waals surface area contributed by atoms with Crippen molar-refractivity contribution < 1.29 is 14.6 Å². The van der Waals surface area contributed by atoms with Crippen molar-refractivity contribution in [3.63, 3.8) is 0 Å². The predicted molar refractivity (Wildman–Crippen MR) is 171 cm³/mol. The van der Waals surface area contributed by atoms with Crippen LogP contribution < -0.4 is 0 Å². The fraction of sp³-hybridized carbons (Fsp3) is 0.100. The molecule has 0 unspecified atom stereocenters. The Labute approximate surface area is 249 Å². The van der Waals surface area contributed by atoms with Crippen LogP contribution in [0.3, 0.4) is 0 Å². The first kappa shape index (κ1) is 24.6. The van der Waals surface area contributed by atoms with Crippen molar-refractivity contribution in [3.05, 3.63) is 167 Å². The molecule has 0 saturated carbocycles. The summed E-state index contributed by atoms with van der Waals surface area (Å²) in [4.78, 5) is 0. The smallest absolute Gasteiger partial charge is 0.135 e. The highest BCUT2D eigenvalue weighted by molar-refractivity contribution is 6.07. The molecule has 6 aromatic carbocycles. The van der Waals surface area contributed by atoms with E-state index in [1.54, 1.807) is 0 Å². The maximum Gasteiger partial charge on any atom is 0.135 e. The Bertz CT molecular complexity index is 2150. The number of benzene rings is 6. The van der Waals surface area contributed by atoms with Gasteiger partial charge in [-0.3, -0.25) is 0 Å². The molecule has 0 radical (unpaired) electrons. The van der Waals surface area contributed by atoms with Gasteiger partial charge in [-0.15, -0.1) is 0 Å². The van der Waals surface area contributed by atoms with E-state index in [1.165, 1.54) is 0 Å². The van der Waals surface area contributed by atoms with Crippen LogP contribution in [-0.4, -0.2) is 10.2 Å². The average Bonchev–Trinajstić information content (AvgIpc) is 3.63. The average molecular weight is 557 g/mol. The van der Waals surface area contributed by atoms with Crippen molar-refractivity contribution in [2.45, 2.75) is 24.0 Å². The molecule has 2 N–H and O–H groups in total. The van der Waals surface area contributed by atoms with E-state index in [2.05, 4.69) is 42.5 Å². The Morgan fingerprint density at radius 2 is 0.953 bits per heavy atom. The minimum absolute atomic E-state index is 0.419. The van der Waals surface area contributed by atoms with Gasteiger partial charge in [0.2, 0.25) is 0 Å². The van der Waals surface area contributed by atoms with Crippen molar-refractivity contribution in [1.82, 2.24) is 0 Å². The molecule has 0 aliphatic heterocycles. The number of rotatable bonds is 4. The van der Waals surface area contributed by atoms with E-state index in [0.29, 0.717) is 12.8 Å². The molecule has 0 saturated heterocycles. The van der Waals surface area contributed by atoms with Gasteiger partial charge in [0.25, 0.3) is 0 Å². The van der Waals surface area contributed by atoms with Crippen LogP contribution in [0.5, 0.6) is 0 Å². The zero-order valence-corrected chi connectivity index (χ0v) is 23.4. The van der Waals surface area contributed by atoms with Crippen molar-refractivity contribution in [2.24, 2.45) is 0 Å². The van der Waals surface area contributed by atoms with Gasteiger partial charge in [0.1, 0.15) is 22.4 Å². The highest BCUT2D eigenvalue weighted by Crippen LogP contribution is 2.51. The number of aliphatic hydroxyl groups is 2. The molecule has 2 aliphatic rings. The quantitative estimate of drug-likeness (QED) is 0.229. The van der Waals surface area contributed by atoms with Crippen LogP contribution in [0.2, 0.25) is 0 Å². The van der Waals surface area contributed by atoms with Crippen molar-refractivity contribution in [3.8, 4) is 22.3 Å². The van der Waals surface area contributed by atoms with Crippen LogP contribution in [0.25, 0.3) is 44.2 Å². The number of hydrogen-bond donors (Lipinski definition) is 2. The number of furan rings is 1. The predicted octanol–water partition coefficient (Wildman–Crippen LogP) is 8.50. The fourth-order valence-corrected chi connectivity index (χ4v) is 7.76. The Balaban J connectivity index is 1.18. The second kappa shape index (κ2) is 8.78. The first-order valence-corrected chi connectivity index (χ1v) is 14.8. The van der Waals surface area contributed by atoms with Gasteiger partial charge in [0, 0.05) is 23.6 Å². The molecule has 9 rings (SSSR count). The van der Waals surface area contributed by atoms with E-state index in [0.717, 1.165) is 77.6 Å². The lowest BCUT2D eigenvalue weighted by molar-refractivity contribution is 0.0858. The van der Waals surface area contributed by atoms with Gasteiger partial charge >= 0.3 is 0 Å². The first-order valence-electron chi connectivity index (χ1n) is 14.8. The molecule has 0 atom stereocenters. The lowest BCUT2D eigenvalue weighted by atomic mass is 9.83. The monoisotopic (exact) mass is 556 g/mol. The maximum atomic E-state index is 12.4. The topological polar surface area (TPSA) is 53.6 Å². The Morgan fingerprint density at radius 3 is 1.49 bits per heavy atom. The molecule has 0 bridgehead atoms. The summed E-state index contributed by atoms with van der Waals surface area (Å²) in [5.41, 5.74) is 9.43. The zero-order chi connectivity index (χ0) is 28.8. The molecule has 0 amide bonds. The van der Waals surface area contributed by atoms with Gasteiger partial charge in [-0.25, -0.2) is 0 Å². The van der Waals surface area contributed by atoms with Crippen LogP contribution in [0.15, 0.2) is 138 Å². The maximum absolute atomic E-state index is 12.4. The van der Waals surface area contributed by atoms with Gasteiger partial charge in [-0.2, -0.15) is 0 Å². The number of hydrogen-bond acceptors (Lipinski definition) is 3. The van der Waals surface area contributed by atoms with Crippen molar-refractivity contribution in [1.29, 1.82) is 0 Å². The minimum Gasteiger partial charge on any atom is -0.456 e. The van der Waals surface area contributed by atoms with Gasteiger partial charge in [-0.05, 0) is 73.8 Å². The molecule has 3 heteroatoms. The summed E-state index contributed by atoms with van der Waals surface area (Å²) in [6, 6.07) is 45.0. The molecule has 7 aromatic rings. The van der Waals surface area contributed by atoms with Gasteiger partial charge < -0.3 is 14.6 Å². The van der Waals surface area contributed by atoms with Crippen LogP contribution in [0.4, 0.5) is 0 Å². The van der Waals surface area contributed by atoms with Crippen LogP contribution in [0.1, 0.15) is 33.4 Å². The van der Waals surface area contributed by atoms with Crippen LogP contribution in [0, 0.1) is 0 Å². The molecule has 1 heterocycles. The van der Waals surface area contributed by atoms with E-state index < -0.39 is 11.2 Å². The summed E-state index contributed by atoms with van der Waals surface area (Å²) >= 11 is 0. The largest absolute Gasteiger partial charge is 0.456 e. The van der Waals surface area contributed by atoms with E-state index in [9.17, 15) is 10.2 Å². The molecular formula is C40H28O3. The van der Waals surface area contributed by atoms with E-state index in [1.807, 2.05) is 91.0 Å². The van der Waals surface area contributed by atoms with E-state index in [4.69, 9.17) is 4.42 Å². The van der Waals surface area contributed by atoms with Crippen LogP contribution >= 0.6 is 0 Å². The zero-order valence-electron chi connectivity index (χ0n) is 23.4. The highest BCUT2D eigenvalue weighted by atomic mass is 16.3. The molecule has 0 fully saturated rings. The van der Waals surface area contributed by atoms with Gasteiger partial charge in [-0.1, -0.05) is 115 Å². The second-order valence-corrected chi connectivity index (χ2v) is 12.0. The Kier molecular flexibility index (Phi) is 5.03. The Hall–Kier alpha value is -4.96. The standard InChI is InChI=1S/C40H28O3/c41-39(32-15-5-1-11-27(32)28-12-2-6-16-33(28)39)23-25-20-21-36-31(22-25)38-26(10-9-19-37(38)43-36)24-40(42)34-17-7-3-13-29(34)30-14-4-8-18-35(30)40/h1-22,41-42H,23-24H2. The number of fused-ring (bicyclic) bond motifs is 9. The third-order valence-electron chi connectivity index (χ3n) is 9.62. The lowest BCUT2D eigenvalue weighted by Gasteiger charge is -2.26. The second-order valence-electron chi connectivity index (χ2n) is 12.0. The summed E-state index contributed by atoms with van der Waals surface area (Å²) in [6.07, 6.45) is 0.860. The molecular weight excluding hydrogens is 528 g/mol. The Morgan fingerprint density at radius 1 is 0.465 bits per heavy atom. The SMILES string of the molecule is OC1(Cc2ccc3oc4cccc(CC5(O)c6ccccc6-c6ccccc65)c4c3c2)c2ccccc2-c2ccccc21. The first-order chi connectivity index (χ1) is 21.0. The fourth-order valence-electron chi connectivity index (χ4n) is 7.76. The van der Waals surface area contributed by atoms with Gasteiger partial charge in [0.15, 0.2) is 0 Å². The summed E-state index contributed by atoms with van der Waals surface area (Å²) in [5, 5.41) is 26.7. The van der Waals surface area contributed by atoms with E-state index >= 15 is 0 Å². The molecule has 1 aromatic heterocycles. The molecule has 3 nitrogen and oxygen atoms in total. The summed E-state index contributed by atoms with van der Waals surface area (Å²) in [6.45, 7) is 0. The lowest BCUT2D eigenvalue weighted by Crippen LogP contribution is -2.27. The minimum atomic E-state index is -1.16. The highest BCUT2D eigenvalue weighted by Gasteiger charge is 2.43. The molecule has 0 spiro atoms. The molecule has 206 valence electrons. The summed E-state index contributed by atoms with van der Waals surface area (Å²) < 4.78 is 6.35. The summed E-state index contributed by atoms with van der Waals surface area (Å²) in [7, 11) is 0. The molecule has 2 aliphatic carbocycles. The molecule has 43 heavy (non-hydrogen) atoms. The normalized spacial score (nSPS) is 15.3. The van der Waals surface area contributed by atoms with Crippen molar-refractivity contribution >= 4 is 21.9 Å². The summed E-state index contributed by atoms with van der Waals surface area (Å²) in [5.74, 6) is 0. The third-order valence-corrected chi connectivity index (χ3v) is 9.62. The van der Waals surface area contributed by atoms with Crippen LogP contribution in [-0.2, 0) is 24.0 Å². The van der Waals surface area contributed by atoms with E-state index in [-0.39, 0.29) is 0 Å². The van der Waals surface area contributed by atoms with Gasteiger partial charge in [0.05, 0.1) is 0 Å². The van der Waals surface area contributed by atoms with Crippen molar-refractivity contribution in [2.75, 3.05) is 0 Å². The third kappa shape index (κ3) is 3.38.